The van der Waals surface area contributed by atoms with Gasteiger partial charge in [-0.3, -0.25) is 14.2 Å². The highest BCUT2D eigenvalue weighted by molar-refractivity contribution is 8.76. The van der Waals surface area contributed by atoms with Crippen LogP contribution >= 0.6 is 29.4 Å². The number of nitrogens with zero attached hydrogens (tertiary/aromatic N) is 5. The van der Waals surface area contributed by atoms with Gasteiger partial charge in [0.25, 0.3) is 7.82 Å². The minimum Gasteiger partial charge on any atom is -0.756 e. The van der Waals surface area contributed by atoms with Crippen LogP contribution in [0.15, 0.2) is 98.3 Å². The molecule has 2 atom stereocenters. The van der Waals surface area contributed by atoms with Crippen LogP contribution in [0.1, 0.15) is 210 Å². The largest absolute Gasteiger partial charge is 0.756 e. The minimum atomic E-state index is -4.90. The number of rotatable bonds is 46. The van der Waals surface area contributed by atoms with E-state index in [1.807, 2.05) is 44.4 Å². The number of fused-ring (bicyclic) bond motifs is 1. The van der Waals surface area contributed by atoms with Gasteiger partial charge < -0.3 is 37.1 Å². The molecule has 20 heteroatoms. The zero-order valence-electron chi connectivity index (χ0n) is 49.8. The van der Waals surface area contributed by atoms with Gasteiger partial charge in [-0.05, 0) is 66.1 Å². The van der Waals surface area contributed by atoms with E-state index >= 15 is 0 Å². The predicted molar refractivity (Wildman–Crippen MR) is 326 cm³/mol. The highest BCUT2D eigenvalue weighted by atomic mass is 33.1. The number of benzene rings is 2. The summed E-state index contributed by atoms with van der Waals surface area (Å²) in [6.07, 6.45) is 33.2. The highest BCUT2D eigenvalue weighted by Crippen LogP contribution is 2.39. The van der Waals surface area contributed by atoms with Crippen molar-refractivity contribution in [2.75, 3.05) is 40.5 Å². The minimum absolute atomic E-state index is 0.101. The molecule has 0 amide bonds. The zero-order chi connectivity index (χ0) is 59.4. The van der Waals surface area contributed by atoms with Crippen molar-refractivity contribution in [2.24, 2.45) is 0 Å². The fourth-order valence-electron chi connectivity index (χ4n) is 9.47. The lowest BCUT2D eigenvalue weighted by Crippen LogP contribution is -2.41. The molecule has 0 bridgehead atoms. The molecule has 0 aliphatic rings. The Morgan fingerprint density at radius 1 is 0.687 bits per heavy atom. The third-order valence-electron chi connectivity index (χ3n) is 14.3. The Morgan fingerprint density at radius 3 is 1.87 bits per heavy atom. The van der Waals surface area contributed by atoms with Crippen molar-refractivity contribution in [2.45, 2.75) is 216 Å². The summed E-state index contributed by atoms with van der Waals surface area (Å²) in [6, 6.07) is 19.1. The van der Waals surface area contributed by atoms with E-state index in [0.29, 0.717) is 34.4 Å². The van der Waals surface area contributed by atoms with Gasteiger partial charge in [-0.2, -0.15) is 0 Å². The molecule has 0 spiro atoms. The standard InChI is InChI=1S/C63H92N5O12PS2/c1-5-7-9-11-13-15-17-19-21-23-25-27-29-38-60(69)75-49-54(78-61(70)39-30-28-26-24-22-20-18-16-14-12-10-8-6-2)50-77-81(73,74)76-44-43-68(3,4)48-52-47-67(66-65-52)56-45-51-40-41-53(46-57(51)80-63(56)72)79-62(71)55-35-31-32-36-58(55)82-83-59-37-33-34-42-64-59/h31-37,40-42,45-47,54H,5-30,38-39,43-44,48-50H2,1-4H3. The van der Waals surface area contributed by atoms with E-state index in [0.717, 1.165) is 43.6 Å². The molecule has 17 nitrogen and oxygen atoms in total. The molecule has 5 rings (SSSR count). The van der Waals surface area contributed by atoms with E-state index in [-0.39, 0.29) is 60.6 Å². The molecule has 2 unspecified atom stereocenters. The summed E-state index contributed by atoms with van der Waals surface area (Å²) in [5.74, 6) is -1.33. The van der Waals surface area contributed by atoms with E-state index in [2.05, 4.69) is 29.1 Å². The van der Waals surface area contributed by atoms with Crippen LogP contribution in [0.25, 0.3) is 16.7 Å². The third-order valence-corrected chi connectivity index (χ3v) is 17.6. The molecule has 0 saturated heterocycles. The van der Waals surface area contributed by atoms with Gasteiger partial charge in [0, 0.05) is 35.4 Å². The van der Waals surface area contributed by atoms with E-state index in [4.69, 9.17) is 27.7 Å². The maximum absolute atomic E-state index is 13.3. The Hall–Kier alpha value is -4.88. The number of carbonyl (C=O) groups is 3. The average Bonchev–Trinajstić information content (AvgIpc) is 4.10. The molecule has 458 valence electrons. The van der Waals surface area contributed by atoms with Gasteiger partial charge in [-0.25, -0.2) is 19.3 Å². The number of ether oxygens (including phenoxy) is 3. The summed E-state index contributed by atoms with van der Waals surface area (Å²) >= 11 is 0. The van der Waals surface area contributed by atoms with E-state index in [1.165, 1.54) is 148 Å². The number of carbonyl (C=O) groups excluding carboxylic acids is 3. The molecule has 0 saturated carbocycles. The number of hydrogen-bond donors (Lipinski definition) is 0. The van der Waals surface area contributed by atoms with Crippen LogP contribution in [0, 0.1) is 0 Å². The van der Waals surface area contributed by atoms with Gasteiger partial charge in [0.1, 0.15) is 48.4 Å². The summed E-state index contributed by atoms with van der Waals surface area (Å²) in [6.45, 7) is 3.81. The van der Waals surface area contributed by atoms with Crippen molar-refractivity contribution in [3.05, 3.63) is 101 Å². The molecule has 0 fully saturated rings. The lowest BCUT2D eigenvalue weighted by molar-refractivity contribution is -0.904. The van der Waals surface area contributed by atoms with E-state index in [1.54, 1.807) is 42.7 Å². The Balaban J connectivity index is 1.05. The fourth-order valence-corrected chi connectivity index (χ4v) is 12.2. The number of pyridine rings is 1. The first-order valence-corrected chi connectivity index (χ1v) is 34.2. The summed E-state index contributed by atoms with van der Waals surface area (Å²) in [5.41, 5.74) is 0.473. The first kappa shape index (κ1) is 68.9. The maximum Gasteiger partial charge on any atom is 0.362 e. The number of likely N-dealkylation sites (N-methyl/N-ethyl adjacent to an activating group) is 1. The summed E-state index contributed by atoms with van der Waals surface area (Å²) in [4.78, 5) is 70.5. The Kier molecular flexibility index (Phi) is 32.9. The summed E-state index contributed by atoms with van der Waals surface area (Å²) in [5, 5.41) is 9.78. The molecular weight excluding hydrogens is 1110 g/mol. The second kappa shape index (κ2) is 39.7. The van der Waals surface area contributed by atoms with Crippen molar-refractivity contribution < 1.29 is 56.0 Å². The van der Waals surface area contributed by atoms with Gasteiger partial charge in [-0.15, -0.1) is 5.10 Å². The van der Waals surface area contributed by atoms with Crippen LogP contribution in [0.4, 0.5) is 0 Å². The molecule has 3 aromatic heterocycles. The first-order valence-electron chi connectivity index (χ1n) is 30.6. The van der Waals surface area contributed by atoms with E-state index < -0.39 is 44.1 Å². The SMILES string of the molecule is CCCCCCCCCCCCCCCC(=O)OCC(COP(=O)([O-])OCC[N+](C)(C)Cc1cn(-c2cc3ccc(OC(=O)c4ccccc4SSc4ccccn4)cc3oc2=O)nn1)OC(=O)CCCCCCCCCCCCCCC. The maximum atomic E-state index is 13.3. The Bertz CT molecular complexity index is 2760. The quantitative estimate of drug-likeness (QED) is 0.00674. The second-order valence-corrected chi connectivity index (χ2v) is 25.8. The monoisotopic (exact) mass is 1210 g/mol. The zero-order valence-corrected chi connectivity index (χ0v) is 52.3. The smallest absolute Gasteiger partial charge is 0.362 e. The van der Waals surface area contributed by atoms with Gasteiger partial charge in [0.05, 0.1) is 32.5 Å². The van der Waals surface area contributed by atoms with Crippen molar-refractivity contribution >= 4 is 58.3 Å². The van der Waals surface area contributed by atoms with Gasteiger partial charge >= 0.3 is 23.5 Å². The molecule has 2 aromatic carbocycles. The third kappa shape index (κ3) is 28.7. The summed E-state index contributed by atoms with van der Waals surface area (Å²) in [7, 11) is 1.62. The van der Waals surface area contributed by atoms with Crippen molar-refractivity contribution in [1.82, 2.24) is 20.0 Å². The van der Waals surface area contributed by atoms with Crippen LogP contribution in [0.3, 0.4) is 0 Å². The Morgan fingerprint density at radius 2 is 1.27 bits per heavy atom. The Labute approximate surface area is 500 Å². The number of aromatic nitrogens is 4. The van der Waals surface area contributed by atoms with Crippen LogP contribution in [-0.2, 0) is 39.2 Å². The normalized spacial score (nSPS) is 12.8. The van der Waals surface area contributed by atoms with Gasteiger partial charge in [0.15, 0.2) is 11.8 Å². The average molecular weight is 1210 g/mol. The molecule has 0 aliphatic carbocycles. The number of phosphoric acid groups is 1. The van der Waals surface area contributed by atoms with Crippen LogP contribution in [0.5, 0.6) is 5.75 Å². The molecule has 83 heavy (non-hydrogen) atoms. The van der Waals surface area contributed by atoms with Crippen molar-refractivity contribution in [1.29, 1.82) is 0 Å². The van der Waals surface area contributed by atoms with Crippen molar-refractivity contribution in [3.8, 4) is 11.4 Å². The van der Waals surface area contributed by atoms with Crippen LogP contribution < -0.4 is 15.3 Å². The summed E-state index contributed by atoms with van der Waals surface area (Å²) < 4.78 is 47.6. The first-order chi connectivity index (χ1) is 40.2. The molecule has 5 aromatic rings. The van der Waals surface area contributed by atoms with Crippen LogP contribution in [0.2, 0.25) is 0 Å². The number of unbranched alkanes of at least 4 members (excludes halogenated alkanes) is 24. The molecular formula is C63H92N5O12PS2. The lowest BCUT2D eigenvalue weighted by Gasteiger charge is -2.30. The molecule has 3 heterocycles. The van der Waals surface area contributed by atoms with Crippen LogP contribution in [-0.4, -0.2) is 88.9 Å². The molecule has 0 aliphatic heterocycles. The number of phosphoric ester groups is 1. The number of esters is 3. The second-order valence-electron chi connectivity index (χ2n) is 22.2. The molecule has 0 radical (unpaired) electrons. The number of hydrogen-bond acceptors (Lipinski definition) is 17. The highest BCUT2D eigenvalue weighted by Gasteiger charge is 2.24. The predicted octanol–water partition coefficient (Wildman–Crippen LogP) is 15.3. The van der Waals surface area contributed by atoms with E-state index in [9.17, 15) is 28.6 Å². The lowest BCUT2D eigenvalue weighted by atomic mass is 10.0. The fraction of sp³-hybridized carbons (Fsp3) is 0.603. The topological polar surface area (TPSA) is 211 Å². The van der Waals surface area contributed by atoms with Gasteiger partial charge in [0.2, 0.25) is 0 Å². The molecule has 0 N–H and O–H groups in total. The number of quaternary nitrogens is 1. The van der Waals surface area contributed by atoms with Gasteiger partial charge in [-0.1, -0.05) is 202 Å². The van der Waals surface area contributed by atoms with Crippen molar-refractivity contribution in [3.63, 3.8) is 0 Å².